The molecule has 0 aromatic heterocycles. The van der Waals surface area contributed by atoms with Gasteiger partial charge in [-0.15, -0.1) is 0 Å². The van der Waals surface area contributed by atoms with E-state index in [2.05, 4.69) is 5.32 Å². The van der Waals surface area contributed by atoms with Gasteiger partial charge in [0.2, 0.25) is 15.9 Å². The molecular formula is C19H20F4N2O3S2. The normalized spacial score (nSPS) is 11.9. The molecule has 2 aromatic rings. The lowest BCUT2D eigenvalue weighted by atomic mass is 10.2. The number of hydrogen-bond acceptors (Lipinski definition) is 4. The van der Waals surface area contributed by atoms with Crippen LogP contribution < -0.4 is 9.62 Å². The Morgan fingerprint density at radius 2 is 1.83 bits per heavy atom. The Hall–Kier alpha value is -2.27. The molecule has 0 heterocycles. The summed E-state index contributed by atoms with van der Waals surface area (Å²) in [6.07, 6.45) is -3.83. The van der Waals surface area contributed by atoms with Crippen LogP contribution in [0, 0.1) is 5.82 Å². The van der Waals surface area contributed by atoms with Crippen molar-refractivity contribution in [2.75, 3.05) is 29.4 Å². The van der Waals surface area contributed by atoms with Crippen molar-refractivity contribution in [1.82, 2.24) is 5.32 Å². The SMILES string of the molecule is CS(=O)(=O)N(CC(=O)NCCSCc1ccccc1F)c1cccc(C(F)(F)F)c1. The minimum atomic E-state index is -4.64. The molecule has 1 amide bonds. The average Bonchev–Trinajstić information content (AvgIpc) is 2.66. The monoisotopic (exact) mass is 464 g/mol. The molecule has 0 radical (unpaired) electrons. The third-order valence-electron chi connectivity index (χ3n) is 3.93. The number of carbonyl (C=O) groups is 1. The summed E-state index contributed by atoms with van der Waals surface area (Å²) < 4.78 is 76.9. The minimum Gasteiger partial charge on any atom is -0.354 e. The number of thioether (sulfide) groups is 1. The first-order chi connectivity index (χ1) is 14.0. The molecule has 0 saturated heterocycles. The van der Waals surface area contributed by atoms with E-state index in [1.807, 2.05) is 0 Å². The van der Waals surface area contributed by atoms with Gasteiger partial charge in [0, 0.05) is 18.1 Å². The van der Waals surface area contributed by atoms with Crippen LogP contribution in [0.15, 0.2) is 48.5 Å². The highest BCUT2D eigenvalue weighted by atomic mass is 32.2. The second kappa shape index (κ2) is 10.2. The predicted octanol–water partition coefficient (Wildman–Crippen LogP) is 3.66. The second-order valence-electron chi connectivity index (χ2n) is 6.31. The van der Waals surface area contributed by atoms with Crippen LogP contribution in [-0.2, 0) is 26.7 Å². The summed E-state index contributed by atoms with van der Waals surface area (Å²) in [5.74, 6) is -0.131. The first-order valence-electron chi connectivity index (χ1n) is 8.71. The van der Waals surface area contributed by atoms with E-state index >= 15 is 0 Å². The Balaban J connectivity index is 1.93. The predicted molar refractivity (Wildman–Crippen MR) is 109 cm³/mol. The van der Waals surface area contributed by atoms with Gasteiger partial charge in [-0.05, 0) is 29.8 Å². The Morgan fingerprint density at radius 1 is 1.13 bits per heavy atom. The maximum absolute atomic E-state index is 13.5. The molecule has 11 heteroatoms. The molecule has 0 fully saturated rings. The third kappa shape index (κ3) is 7.21. The van der Waals surface area contributed by atoms with Crippen molar-refractivity contribution in [3.63, 3.8) is 0 Å². The number of sulfonamides is 1. The van der Waals surface area contributed by atoms with E-state index in [9.17, 15) is 30.8 Å². The molecule has 164 valence electrons. The lowest BCUT2D eigenvalue weighted by molar-refractivity contribution is -0.137. The molecule has 0 spiro atoms. The van der Waals surface area contributed by atoms with Crippen LogP contribution in [0.25, 0.3) is 0 Å². The highest BCUT2D eigenvalue weighted by Gasteiger charge is 2.31. The number of carbonyl (C=O) groups excluding carboxylic acids is 1. The van der Waals surface area contributed by atoms with Gasteiger partial charge in [0.25, 0.3) is 0 Å². The standard InChI is InChI=1S/C19H20F4N2O3S2/c1-30(27,28)25(16-7-4-6-15(11-16)19(21,22)23)12-18(26)24-9-10-29-13-14-5-2-3-8-17(14)20/h2-8,11H,9-10,12-13H2,1H3,(H,24,26). The maximum Gasteiger partial charge on any atom is 0.416 e. The molecule has 5 nitrogen and oxygen atoms in total. The van der Waals surface area contributed by atoms with E-state index in [-0.39, 0.29) is 18.0 Å². The summed E-state index contributed by atoms with van der Waals surface area (Å²) in [6.45, 7) is -0.462. The summed E-state index contributed by atoms with van der Waals surface area (Å²) >= 11 is 1.38. The minimum absolute atomic E-state index is 0.193. The first kappa shape index (κ1) is 24.0. The van der Waals surface area contributed by atoms with E-state index in [1.165, 1.54) is 23.9 Å². The Morgan fingerprint density at radius 3 is 2.47 bits per heavy atom. The van der Waals surface area contributed by atoms with Gasteiger partial charge in [0.15, 0.2) is 0 Å². The van der Waals surface area contributed by atoms with Crippen molar-refractivity contribution < 1.29 is 30.8 Å². The van der Waals surface area contributed by atoms with Crippen LogP contribution in [0.1, 0.15) is 11.1 Å². The molecule has 0 aliphatic carbocycles. The molecule has 30 heavy (non-hydrogen) atoms. The van der Waals surface area contributed by atoms with E-state index in [0.29, 0.717) is 27.4 Å². The first-order valence-corrected chi connectivity index (χ1v) is 11.7. The van der Waals surface area contributed by atoms with E-state index in [1.54, 1.807) is 18.2 Å². The number of nitrogens with zero attached hydrogens (tertiary/aromatic N) is 1. The van der Waals surface area contributed by atoms with Gasteiger partial charge in [0.05, 0.1) is 17.5 Å². The summed E-state index contributed by atoms with van der Waals surface area (Å²) in [6, 6.07) is 10.1. The number of hydrogen-bond donors (Lipinski definition) is 1. The van der Waals surface area contributed by atoms with Crippen molar-refractivity contribution in [1.29, 1.82) is 0 Å². The smallest absolute Gasteiger partial charge is 0.354 e. The fourth-order valence-electron chi connectivity index (χ4n) is 2.48. The molecule has 2 rings (SSSR count). The van der Waals surface area contributed by atoms with Gasteiger partial charge >= 0.3 is 6.18 Å². The van der Waals surface area contributed by atoms with E-state index in [4.69, 9.17) is 0 Å². The Labute approximate surface area is 176 Å². The molecular weight excluding hydrogens is 444 g/mol. The topological polar surface area (TPSA) is 66.5 Å². The summed E-state index contributed by atoms with van der Waals surface area (Å²) in [5.41, 5.74) is -0.739. The van der Waals surface area contributed by atoms with Crippen LogP contribution in [0.4, 0.5) is 23.2 Å². The highest BCUT2D eigenvalue weighted by Crippen LogP contribution is 2.32. The fourth-order valence-corrected chi connectivity index (χ4v) is 4.18. The van der Waals surface area contributed by atoms with Gasteiger partial charge in [0.1, 0.15) is 12.4 Å². The van der Waals surface area contributed by atoms with E-state index < -0.39 is 34.2 Å². The molecule has 0 aliphatic heterocycles. The van der Waals surface area contributed by atoms with Crippen molar-refractivity contribution >= 4 is 33.4 Å². The molecule has 2 aromatic carbocycles. The highest BCUT2D eigenvalue weighted by molar-refractivity contribution is 7.98. The van der Waals surface area contributed by atoms with Crippen LogP contribution in [0.3, 0.4) is 0 Å². The van der Waals surface area contributed by atoms with Crippen LogP contribution in [-0.4, -0.2) is 39.4 Å². The molecule has 0 bridgehead atoms. The molecule has 0 saturated carbocycles. The zero-order chi connectivity index (χ0) is 22.4. The summed E-state index contributed by atoms with van der Waals surface area (Å²) in [7, 11) is -3.99. The maximum atomic E-state index is 13.5. The van der Waals surface area contributed by atoms with Gasteiger partial charge < -0.3 is 5.32 Å². The molecule has 0 atom stereocenters. The number of halogens is 4. The molecule has 1 N–H and O–H groups in total. The fraction of sp³-hybridized carbons (Fsp3) is 0.316. The van der Waals surface area contributed by atoms with Crippen molar-refractivity contribution in [2.24, 2.45) is 0 Å². The third-order valence-corrected chi connectivity index (χ3v) is 6.08. The number of amides is 1. The molecule has 0 unspecified atom stereocenters. The molecule has 0 aliphatic rings. The number of alkyl halides is 3. The second-order valence-corrected chi connectivity index (χ2v) is 9.32. The quantitative estimate of drug-likeness (QED) is 0.454. The number of rotatable bonds is 9. The average molecular weight is 465 g/mol. The largest absolute Gasteiger partial charge is 0.416 e. The summed E-state index contributed by atoms with van der Waals surface area (Å²) in [4.78, 5) is 12.1. The van der Waals surface area contributed by atoms with Gasteiger partial charge in [-0.1, -0.05) is 24.3 Å². The Bertz CT molecular complexity index is 982. The number of anilines is 1. The lowest BCUT2D eigenvalue weighted by Gasteiger charge is -2.22. The van der Waals surface area contributed by atoms with Gasteiger partial charge in [-0.2, -0.15) is 24.9 Å². The van der Waals surface area contributed by atoms with Crippen LogP contribution in [0.2, 0.25) is 0 Å². The van der Waals surface area contributed by atoms with Crippen molar-refractivity contribution in [2.45, 2.75) is 11.9 Å². The Kier molecular flexibility index (Phi) is 8.13. The van der Waals surface area contributed by atoms with Gasteiger partial charge in [-0.3, -0.25) is 9.10 Å². The zero-order valence-corrected chi connectivity index (χ0v) is 17.6. The van der Waals surface area contributed by atoms with Crippen molar-refractivity contribution in [3.8, 4) is 0 Å². The van der Waals surface area contributed by atoms with Crippen LogP contribution in [0.5, 0.6) is 0 Å². The van der Waals surface area contributed by atoms with Crippen LogP contribution >= 0.6 is 11.8 Å². The number of nitrogens with one attached hydrogen (secondary N) is 1. The van der Waals surface area contributed by atoms with Gasteiger partial charge in [-0.25, -0.2) is 12.8 Å². The summed E-state index contributed by atoms with van der Waals surface area (Å²) in [5, 5.41) is 2.52. The lowest BCUT2D eigenvalue weighted by Crippen LogP contribution is -2.41. The van der Waals surface area contributed by atoms with E-state index in [0.717, 1.165) is 18.4 Å². The van der Waals surface area contributed by atoms with Crippen molar-refractivity contribution in [3.05, 3.63) is 65.5 Å². The number of benzene rings is 2. The zero-order valence-electron chi connectivity index (χ0n) is 15.9.